The third-order valence-electron chi connectivity index (χ3n) is 7.53. The van der Waals surface area contributed by atoms with Gasteiger partial charge < -0.3 is 19.5 Å². The fourth-order valence-electron chi connectivity index (χ4n) is 5.49. The zero-order valence-corrected chi connectivity index (χ0v) is 20.9. The van der Waals surface area contributed by atoms with Gasteiger partial charge in [-0.05, 0) is 36.2 Å². The summed E-state index contributed by atoms with van der Waals surface area (Å²) in [6, 6.07) is 19.1. The summed E-state index contributed by atoms with van der Waals surface area (Å²) < 4.78 is 11.3. The molecule has 5 rings (SSSR count). The highest BCUT2D eigenvalue weighted by molar-refractivity contribution is 5.46. The molecule has 190 valence electrons. The van der Waals surface area contributed by atoms with Crippen molar-refractivity contribution in [1.29, 1.82) is 0 Å². The van der Waals surface area contributed by atoms with Crippen LogP contribution in [0.5, 0.6) is 5.75 Å². The van der Waals surface area contributed by atoms with Crippen LogP contribution in [-0.4, -0.2) is 111 Å². The lowest BCUT2D eigenvalue weighted by Gasteiger charge is -2.39. The van der Waals surface area contributed by atoms with Gasteiger partial charge in [0.05, 0.1) is 18.8 Å². The minimum absolute atomic E-state index is 0.614. The van der Waals surface area contributed by atoms with Gasteiger partial charge in [-0.2, -0.15) is 0 Å². The Balaban J connectivity index is 1.03. The van der Waals surface area contributed by atoms with Crippen LogP contribution in [-0.2, 0) is 11.3 Å². The van der Waals surface area contributed by atoms with E-state index >= 15 is 0 Å². The van der Waals surface area contributed by atoms with Crippen LogP contribution in [0.4, 0.5) is 5.69 Å². The number of hydrogen-bond donors (Lipinski definition) is 1. The molecule has 3 heterocycles. The van der Waals surface area contributed by atoms with Crippen LogP contribution in [0.1, 0.15) is 12.0 Å². The third-order valence-corrected chi connectivity index (χ3v) is 7.53. The monoisotopic (exact) mass is 480 g/mol. The van der Waals surface area contributed by atoms with Crippen molar-refractivity contribution in [3.8, 4) is 5.75 Å². The first kappa shape index (κ1) is 24.5. The highest BCUT2D eigenvalue weighted by atomic mass is 16.5. The van der Waals surface area contributed by atoms with Crippen LogP contribution in [0.25, 0.3) is 0 Å². The molecule has 7 heteroatoms. The summed E-state index contributed by atoms with van der Waals surface area (Å²) in [6.07, 6.45) is 0.842. The highest BCUT2D eigenvalue weighted by Gasteiger charge is 2.38. The molecular formula is C28H40N4O3. The van der Waals surface area contributed by atoms with Gasteiger partial charge in [-0.1, -0.05) is 30.3 Å². The van der Waals surface area contributed by atoms with E-state index < -0.39 is 5.60 Å². The van der Waals surface area contributed by atoms with Crippen molar-refractivity contribution in [2.45, 2.75) is 18.6 Å². The minimum Gasteiger partial charge on any atom is -0.492 e. The van der Waals surface area contributed by atoms with Crippen LogP contribution < -0.4 is 9.64 Å². The average Bonchev–Trinajstić information content (AvgIpc) is 3.26. The molecule has 0 bridgehead atoms. The molecule has 0 aromatic heterocycles. The summed E-state index contributed by atoms with van der Waals surface area (Å²) in [5.41, 5.74) is 1.95. The van der Waals surface area contributed by atoms with Gasteiger partial charge in [-0.25, -0.2) is 0 Å². The Bertz CT molecular complexity index is 898. The molecule has 3 fully saturated rings. The average molecular weight is 481 g/mol. The fraction of sp³-hybridized carbons (Fsp3) is 0.571. The largest absolute Gasteiger partial charge is 0.492 e. The Kier molecular flexibility index (Phi) is 8.21. The lowest BCUT2D eigenvalue weighted by Crippen LogP contribution is -2.52. The molecule has 2 aromatic carbocycles. The van der Waals surface area contributed by atoms with E-state index in [9.17, 15) is 5.11 Å². The Morgan fingerprint density at radius 2 is 1.54 bits per heavy atom. The predicted octanol–water partition coefficient (Wildman–Crippen LogP) is 2.16. The van der Waals surface area contributed by atoms with Crippen LogP contribution >= 0.6 is 0 Å². The number of rotatable bonds is 9. The number of para-hydroxylation sites is 1. The number of aliphatic hydroxyl groups is 1. The molecule has 0 saturated carbocycles. The van der Waals surface area contributed by atoms with Crippen LogP contribution in [0.2, 0.25) is 0 Å². The number of hydrogen-bond acceptors (Lipinski definition) is 7. The van der Waals surface area contributed by atoms with E-state index in [4.69, 9.17) is 9.47 Å². The second-order valence-corrected chi connectivity index (χ2v) is 10.2. The van der Waals surface area contributed by atoms with E-state index in [1.54, 1.807) is 0 Å². The van der Waals surface area contributed by atoms with Gasteiger partial charge in [0.1, 0.15) is 12.4 Å². The zero-order chi connectivity index (χ0) is 23.9. The SMILES string of the molecule is OC1(CN2CCN(c3ccccc3)CC2)CCN(Cc2ccc(OCCN3CCOCC3)cc2)C1. The quantitative estimate of drug-likeness (QED) is 0.590. The Morgan fingerprint density at radius 1 is 0.800 bits per heavy atom. The number of piperazine rings is 1. The van der Waals surface area contributed by atoms with Gasteiger partial charge in [0.15, 0.2) is 0 Å². The highest BCUT2D eigenvalue weighted by Crippen LogP contribution is 2.26. The lowest BCUT2D eigenvalue weighted by molar-refractivity contribution is 0.00978. The maximum Gasteiger partial charge on any atom is 0.119 e. The number of ether oxygens (including phenoxy) is 2. The second-order valence-electron chi connectivity index (χ2n) is 10.2. The molecule has 0 aliphatic carbocycles. The number of nitrogens with zero attached hydrogens (tertiary/aromatic N) is 4. The number of anilines is 1. The van der Waals surface area contributed by atoms with Crippen molar-refractivity contribution in [3.05, 3.63) is 60.2 Å². The molecule has 3 aliphatic heterocycles. The molecule has 3 saturated heterocycles. The molecule has 1 unspecified atom stereocenters. The molecule has 7 nitrogen and oxygen atoms in total. The van der Waals surface area contributed by atoms with E-state index in [0.29, 0.717) is 6.61 Å². The maximum absolute atomic E-state index is 11.3. The fourth-order valence-corrected chi connectivity index (χ4v) is 5.49. The first-order valence-electron chi connectivity index (χ1n) is 13.1. The van der Waals surface area contributed by atoms with Crippen molar-refractivity contribution in [2.24, 2.45) is 0 Å². The van der Waals surface area contributed by atoms with Gasteiger partial charge in [0.25, 0.3) is 0 Å². The summed E-state index contributed by atoms with van der Waals surface area (Å²) in [5, 5.41) is 11.3. The van der Waals surface area contributed by atoms with Gasteiger partial charge in [-0.15, -0.1) is 0 Å². The Hall–Kier alpha value is -2.16. The normalized spacial score (nSPS) is 24.7. The second kappa shape index (κ2) is 11.7. The minimum atomic E-state index is -0.614. The topological polar surface area (TPSA) is 51.7 Å². The molecule has 1 atom stereocenters. The summed E-state index contributed by atoms with van der Waals surface area (Å²) in [7, 11) is 0. The summed E-state index contributed by atoms with van der Waals surface area (Å²) >= 11 is 0. The smallest absolute Gasteiger partial charge is 0.119 e. The first-order chi connectivity index (χ1) is 17.2. The van der Waals surface area contributed by atoms with E-state index in [0.717, 1.165) is 97.4 Å². The van der Waals surface area contributed by atoms with Gasteiger partial charge >= 0.3 is 0 Å². The van der Waals surface area contributed by atoms with Crippen molar-refractivity contribution in [2.75, 3.05) is 90.2 Å². The molecule has 3 aliphatic rings. The van der Waals surface area contributed by atoms with E-state index in [1.807, 2.05) is 0 Å². The number of β-amino-alcohol motifs (C(OH)–C–C–N with tert-alkyl or cyclic N) is 1. The number of morpholine rings is 1. The number of likely N-dealkylation sites (tertiary alicyclic amines) is 1. The maximum atomic E-state index is 11.3. The lowest BCUT2D eigenvalue weighted by atomic mass is 10.0. The van der Waals surface area contributed by atoms with Gasteiger partial charge in [0, 0.05) is 77.7 Å². The van der Waals surface area contributed by atoms with E-state index in [2.05, 4.69) is 74.2 Å². The van der Waals surface area contributed by atoms with Crippen molar-refractivity contribution >= 4 is 5.69 Å². The molecule has 1 N–H and O–H groups in total. The predicted molar refractivity (Wildman–Crippen MR) is 139 cm³/mol. The standard InChI is InChI=1S/C28H40N4O3/c33-28(23-30-12-14-32(15-13-30)26-4-2-1-3-5-26)10-11-31(24-28)22-25-6-8-27(9-7-25)35-21-18-29-16-19-34-20-17-29/h1-9,33H,10-24H2. The zero-order valence-electron chi connectivity index (χ0n) is 20.9. The van der Waals surface area contributed by atoms with Crippen LogP contribution in [0.3, 0.4) is 0 Å². The van der Waals surface area contributed by atoms with E-state index in [-0.39, 0.29) is 0 Å². The number of benzene rings is 2. The molecule has 35 heavy (non-hydrogen) atoms. The molecule has 0 amide bonds. The van der Waals surface area contributed by atoms with Crippen LogP contribution in [0, 0.1) is 0 Å². The summed E-state index contributed by atoms with van der Waals surface area (Å²) in [5.74, 6) is 0.926. The summed E-state index contributed by atoms with van der Waals surface area (Å²) in [4.78, 5) is 9.65. The van der Waals surface area contributed by atoms with E-state index in [1.165, 1.54) is 11.3 Å². The van der Waals surface area contributed by atoms with Crippen LogP contribution in [0.15, 0.2) is 54.6 Å². The first-order valence-corrected chi connectivity index (χ1v) is 13.1. The molecule has 0 radical (unpaired) electrons. The van der Waals surface area contributed by atoms with Gasteiger partial charge in [0.2, 0.25) is 0 Å². The van der Waals surface area contributed by atoms with Crippen molar-refractivity contribution < 1.29 is 14.6 Å². The van der Waals surface area contributed by atoms with Crippen molar-refractivity contribution in [1.82, 2.24) is 14.7 Å². The van der Waals surface area contributed by atoms with Gasteiger partial charge in [-0.3, -0.25) is 14.7 Å². The third kappa shape index (κ3) is 6.96. The summed E-state index contributed by atoms with van der Waals surface area (Å²) in [6.45, 7) is 12.7. The Labute approximate surface area is 209 Å². The molecule has 0 spiro atoms. The Morgan fingerprint density at radius 3 is 2.29 bits per heavy atom. The van der Waals surface area contributed by atoms with Crippen molar-refractivity contribution in [3.63, 3.8) is 0 Å². The molecular weight excluding hydrogens is 440 g/mol. The molecule has 2 aromatic rings.